The summed E-state index contributed by atoms with van der Waals surface area (Å²) in [5.74, 6) is 0.208. The molecule has 106 valence electrons. The number of β-amino-alcohol motifs (C(OH)–C–C–N with tert-alkyl or cyclic N) is 1. The summed E-state index contributed by atoms with van der Waals surface area (Å²) < 4.78 is 0. The van der Waals surface area contributed by atoms with Crippen molar-refractivity contribution >= 4 is 5.91 Å². The second-order valence-corrected chi connectivity index (χ2v) is 5.79. The average molecular weight is 257 g/mol. The average Bonchev–Trinajstić information content (AvgIpc) is 2.51. The Morgan fingerprint density at radius 3 is 2.61 bits per heavy atom. The van der Waals surface area contributed by atoms with E-state index in [0.29, 0.717) is 13.0 Å². The quantitative estimate of drug-likeness (QED) is 0.729. The van der Waals surface area contributed by atoms with E-state index in [4.69, 9.17) is 10.8 Å². The topological polar surface area (TPSA) is 69.8 Å². The van der Waals surface area contributed by atoms with E-state index in [1.54, 1.807) is 0 Å². The third-order valence-electron chi connectivity index (χ3n) is 3.34. The van der Waals surface area contributed by atoms with Crippen LogP contribution in [0.2, 0.25) is 0 Å². The van der Waals surface area contributed by atoms with Crippen LogP contribution in [0.25, 0.3) is 0 Å². The van der Waals surface area contributed by atoms with Crippen molar-refractivity contribution in [3.8, 4) is 0 Å². The van der Waals surface area contributed by atoms with Gasteiger partial charge in [-0.1, -0.05) is 0 Å². The van der Waals surface area contributed by atoms with Gasteiger partial charge in [-0.15, -0.1) is 0 Å². The van der Waals surface area contributed by atoms with E-state index in [0.717, 1.165) is 39.0 Å². The molecular weight excluding hydrogens is 230 g/mol. The largest absolute Gasteiger partial charge is 0.395 e. The highest BCUT2D eigenvalue weighted by atomic mass is 16.3. The molecule has 1 saturated heterocycles. The van der Waals surface area contributed by atoms with Gasteiger partial charge in [-0.2, -0.15) is 0 Å². The molecule has 0 unspecified atom stereocenters. The number of carbonyl (C=O) groups excluding carboxylic acids is 1. The number of nitrogens with two attached hydrogens (primary N) is 1. The van der Waals surface area contributed by atoms with Gasteiger partial charge in [0.15, 0.2) is 0 Å². The standard InChI is InChI=1S/C13H27N3O2/c1-13(2,14)5-4-12(18)16-7-3-6-15(8-9-16)10-11-17/h17H,3-11,14H2,1-2H3. The number of nitrogens with zero attached hydrogens (tertiary/aromatic N) is 2. The van der Waals surface area contributed by atoms with E-state index in [1.807, 2.05) is 18.7 Å². The number of carbonyl (C=O) groups is 1. The molecule has 0 radical (unpaired) electrons. The van der Waals surface area contributed by atoms with Crippen LogP contribution in [0.3, 0.4) is 0 Å². The van der Waals surface area contributed by atoms with Gasteiger partial charge in [0.05, 0.1) is 6.61 Å². The van der Waals surface area contributed by atoms with E-state index >= 15 is 0 Å². The monoisotopic (exact) mass is 257 g/mol. The molecule has 0 aromatic carbocycles. The molecular formula is C13H27N3O2. The van der Waals surface area contributed by atoms with E-state index in [2.05, 4.69) is 4.90 Å². The highest BCUT2D eigenvalue weighted by Gasteiger charge is 2.20. The molecule has 3 N–H and O–H groups in total. The van der Waals surface area contributed by atoms with Crippen LogP contribution in [0.4, 0.5) is 0 Å². The van der Waals surface area contributed by atoms with Crippen molar-refractivity contribution < 1.29 is 9.90 Å². The Morgan fingerprint density at radius 2 is 2.00 bits per heavy atom. The van der Waals surface area contributed by atoms with Crippen molar-refractivity contribution in [1.82, 2.24) is 9.80 Å². The zero-order valence-electron chi connectivity index (χ0n) is 11.7. The predicted octanol–water partition coefficient (Wildman–Crippen LogP) is 0.0305. The fourth-order valence-electron chi connectivity index (χ4n) is 2.17. The highest BCUT2D eigenvalue weighted by Crippen LogP contribution is 2.11. The summed E-state index contributed by atoms with van der Waals surface area (Å²) in [5, 5.41) is 8.92. The van der Waals surface area contributed by atoms with Crippen molar-refractivity contribution in [2.45, 2.75) is 38.6 Å². The predicted molar refractivity (Wildman–Crippen MR) is 72.2 cm³/mol. The molecule has 0 bridgehead atoms. The van der Waals surface area contributed by atoms with Crippen LogP contribution in [-0.4, -0.2) is 65.7 Å². The Bertz CT molecular complexity index is 263. The summed E-state index contributed by atoms with van der Waals surface area (Å²) in [4.78, 5) is 16.2. The summed E-state index contributed by atoms with van der Waals surface area (Å²) in [6, 6.07) is 0. The smallest absolute Gasteiger partial charge is 0.222 e. The van der Waals surface area contributed by atoms with Crippen LogP contribution >= 0.6 is 0 Å². The number of hydrogen-bond donors (Lipinski definition) is 2. The summed E-state index contributed by atoms with van der Waals surface area (Å²) >= 11 is 0. The van der Waals surface area contributed by atoms with Gasteiger partial charge < -0.3 is 15.7 Å². The summed E-state index contributed by atoms with van der Waals surface area (Å²) in [5.41, 5.74) is 5.63. The van der Waals surface area contributed by atoms with Gasteiger partial charge in [0.25, 0.3) is 0 Å². The first-order valence-corrected chi connectivity index (χ1v) is 6.82. The molecule has 1 aliphatic heterocycles. The van der Waals surface area contributed by atoms with Gasteiger partial charge in [0.2, 0.25) is 5.91 Å². The van der Waals surface area contributed by atoms with Crippen molar-refractivity contribution in [1.29, 1.82) is 0 Å². The van der Waals surface area contributed by atoms with Crippen LogP contribution in [0.5, 0.6) is 0 Å². The van der Waals surface area contributed by atoms with Gasteiger partial charge in [0.1, 0.15) is 0 Å². The maximum Gasteiger partial charge on any atom is 0.222 e. The van der Waals surface area contributed by atoms with E-state index in [9.17, 15) is 4.79 Å². The van der Waals surface area contributed by atoms with Gasteiger partial charge in [-0.05, 0) is 33.2 Å². The Hall–Kier alpha value is -0.650. The zero-order valence-corrected chi connectivity index (χ0v) is 11.7. The van der Waals surface area contributed by atoms with E-state index < -0.39 is 0 Å². The molecule has 0 atom stereocenters. The first-order valence-electron chi connectivity index (χ1n) is 6.82. The Labute approximate surface area is 110 Å². The second kappa shape index (κ2) is 7.07. The number of aliphatic hydroxyl groups is 1. The Morgan fingerprint density at radius 1 is 1.28 bits per heavy atom. The van der Waals surface area contributed by atoms with Crippen molar-refractivity contribution in [2.75, 3.05) is 39.3 Å². The van der Waals surface area contributed by atoms with Crippen LogP contribution in [0.1, 0.15) is 33.1 Å². The lowest BCUT2D eigenvalue weighted by molar-refractivity contribution is -0.131. The molecule has 1 heterocycles. The minimum Gasteiger partial charge on any atom is -0.395 e. The fraction of sp³-hybridized carbons (Fsp3) is 0.923. The number of rotatable bonds is 5. The summed E-state index contributed by atoms with van der Waals surface area (Å²) in [6.07, 6.45) is 2.24. The SMILES string of the molecule is CC(C)(N)CCC(=O)N1CCCN(CCO)CC1. The van der Waals surface area contributed by atoms with Gasteiger partial charge in [-0.25, -0.2) is 0 Å². The molecule has 1 amide bonds. The fourth-order valence-corrected chi connectivity index (χ4v) is 2.17. The first kappa shape index (κ1) is 15.4. The molecule has 1 fully saturated rings. The van der Waals surface area contributed by atoms with Crippen molar-refractivity contribution in [3.63, 3.8) is 0 Å². The minimum atomic E-state index is -0.273. The molecule has 0 spiro atoms. The summed E-state index contributed by atoms with van der Waals surface area (Å²) in [6.45, 7) is 8.21. The molecule has 18 heavy (non-hydrogen) atoms. The van der Waals surface area contributed by atoms with E-state index in [1.165, 1.54) is 0 Å². The maximum atomic E-state index is 12.1. The Balaban J connectivity index is 2.35. The normalized spacial score (nSPS) is 18.8. The number of hydrogen-bond acceptors (Lipinski definition) is 4. The highest BCUT2D eigenvalue weighted by molar-refractivity contribution is 5.76. The molecule has 5 nitrogen and oxygen atoms in total. The van der Waals surface area contributed by atoms with Crippen LogP contribution < -0.4 is 5.73 Å². The van der Waals surface area contributed by atoms with Crippen LogP contribution in [0.15, 0.2) is 0 Å². The lowest BCUT2D eigenvalue weighted by atomic mass is 10.00. The molecule has 5 heteroatoms. The third kappa shape index (κ3) is 5.80. The molecule has 0 aromatic rings. The van der Waals surface area contributed by atoms with Gasteiger partial charge in [0, 0.05) is 38.1 Å². The van der Waals surface area contributed by atoms with Gasteiger partial charge >= 0.3 is 0 Å². The number of amides is 1. The van der Waals surface area contributed by atoms with Gasteiger partial charge in [-0.3, -0.25) is 9.69 Å². The maximum absolute atomic E-state index is 12.1. The van der Waals surface area contributed by atoms with Crippen molar-refractivity contribution in [2.24, 2.45) is 5.73 Å². The molecule has 1 rings (SSSR count). The second-order valence-electron chi connectivity index (χ2n) is 5.79. The molecule has 0 aromatic heterocycles. The Kier molecular flexibility index (Phi) is 6.05. The van der Waals surface area contributed by atoms with Crippen LogP contribution in [0, 0.1) is 0 Å². The molecule has 0 aliphatic carbocycles. The lowest BCUT2D eigenvalue weighted by Gasteiger charge is -2.24. The third-order valence-corrected chi connectivity index (χ3v) is 3.34. The zero-order chi connectivity index (χ0) is 13.6. The van der Waals surface area contributed by atoms with E-state index in [-0.39, 0.29) is 18.1 Å². The molecule has 1 aliphatic rings. The first-order chi connectivity index (χ1) is 8.42. The summed E-state index contributed by atoms with van der Waals surface area (Å²) in [7, 11) is 0. The van der Waals surface area contributed by atoms with Crippen LogP contribution in [-0.2, 0) is 4.79 Å². The lowest BCUT2D eigenvalue weighted by Crippen LogP contribution is -2.38. The van der Waals surface area contributed by atoms with Crippen molar-refractivity contribution in [3.05, 3.63) is 0 Å². The minimum absolute atomic E-state index is 0.190. The number of aliphatic hydroxyl groups excluding tert-OH is 1. The molecule has 0 saturated carbocycles.